The summed E-state index contributed by atoms with van der Waals surface area (Å²) in [6.45, 7) is 2.89. The van der Waals surface area contributed by atoms with Crippen LogP contribution >= 0.6 is 23.2 Å². The zero-order valence-electron chi connectivity index (χ0n) is 10.0. The molecule has 1 N–H and O–H groups in total. The maximum absolute atomic E-state index is 6.10. The molecule has 0 aromatic heterocycles. The first-order valence-electron chi connectivity index (χ1n) is 6.01. The Kier molecular flexibility index (Phi) is 4.69. The Morgan fingerprint density at radius 3 is 2.76 bits per heavy atom. The number of hydrogen-bond donors (Lipinski definition) is 1. The SMILES string of the molecule is CN(CCNCc1ccc(Cl)cc1Cl)C1CC1. The summed E-state index contributed by atoms with van der Waals surface area (Å²) in [5, 5.41) is 4.83. The highest BCUT2D eigenvalue weighted by atomic mass is 35.5. The molecule has 1 aromatic rings. The molecule has 0 radical (unpaired) electrons. The molecular formula is C13H18Cl2N2. The Morgan fingerprint density at radius 2 is 2.12 bits per heavy atom. The lowest BCUT2D eigenvalue weighted by Crippen LogP contribution is -2.30. The highest BCUT2D eigenvalue weighted by molar-refractivity contribution is 6.35. The van der Waals surface area contributed by atoms with E-state index in [9.17, 15) is 0 Å². The second kappa shape index (κ2) is 6.05. The predicted octanol–water partition coefficient (Wildman–Crippen LogP) is 3.18. The summed E-state index contributed by atoms with van der Waals surface area (Å²) >= 11 is 11.9. The zero-order valence-corrected chi connectivity index (χ0v) is 11.6. The Labute approximate surface area is 113 Å². The molecule has 1 aliphatic rings. The summed E-state index contributed by atoms with van der Waals surface area (Å²) in [5.74, 6) is 0. The molecule has 17 heavy (non-hydrogen) atoms. The molecule has 2 nitrogen and oxygen atoms in total. The van der Waals surface area contributed by atoms with E-state index in [4.69, 9.17) is 23.2 Å². The van der Waals surface area contributed by atoms with Crippen molar-refractivity contribution < 1.29 is 0 Å². The van der Waals surface area contributed by atoms with Crippen molar-refractivity contribution >= 4 is 23.2 Å². The van der Waals surface area contributed by atoms with Crippen LogP contribution in [0.4, 0.5) is 0 Å². The lowest BCUT2D eigenvalue weighted by molar-refractivity contribution is 0.321. The molecule has 0 aliphatic heterocycles. The quantitative estimate of drug-likeness (QED) is 0.801. The highest BCUT2D eigenvalue weighted by Gasteiger charge is 2.25. The molecule has 0 spiro atoms. The van der Waals surface area contributed by atoms with Gasteiger partial charge in [-0.3, -0.25) is 0 Å². The van der Waals surface area contributed by atoms with Crippen LogP contribution in [0.15, 0.2) is 18.2 Å². The van der Waals surface area contributed by atoms with Gasteiger partial charge in [0.25, 0.3) is 0 Å². The highest BCUT2D eigenvalue weighted by Crippen LogP contribution is 2.24. The number of likely N-dealkylation sites (N-methyl/N-ethyl adjacent to an activating group) is 1. The Morgan fingerprint density at radius 1 is 1.35 bits per heavy atom. The molecule has 0 heterocycles. The first-order chi connectivity index (χ1) is 8.16. The number of nitrogens with zero attached hydrogens (tertiary/aromatic N) is 1. The predicted molar refractivity (Wildman–Crippen MR) is 73.8 cm³/mol. The van der Waals surface area contributed by atoms with Gasteiger partial charge in [-0.15, -0.1) is 0 Å². The average Bonchev–Trinajstić information content (AvgIpc) is 3.10. The van der Waals surface area contributed by atoms with E-state index in [1.165, 1.54) is 12.8 Å². The second-order valence-electron chi connectivity index (χ2n) is 4.62. The molecular weight excluding hydrogens is 255 g/mol. The molecule has 1 saturated carbocycles. The fraction of sp³-hybridized carbons (Fsp3) is 0.538. The summed E-state index contributed by atoms with van der Waals surface area (Å²) in [5.41, 5.74) is 1.10. The summed E-state index contributed by atoms with van der Waals surface area (Å²) in [7, 11) is 2.19. The van der Waals surface area contributed by atoms with Gasteiger partial charge in [0.15, 0.2) is 0 Å². The molecule has 0 unspecified atom stereocenters. The minimum atomic E-state index is 0.687. The van der Waals surface area contributed by atoms with E-state index in [-0.39, 0.29) is 0 Å². The fourth-order valence-corrected chi connectivity index (χ4v) is 2.32. The van der Waals surface area contributed by atoms with Gasteiger partial charge in [0.1, 0.15) is 0 Å². The van der Waals surface area contributed by atoms with Crippen molar-refractivity contribution in [3.05, 3.63) is 33.8 Å². The lowest BCUT2D eigenvalue weighted by Gasteiger charge is -2.16. The normalized spacial score (nSPS) is 15.5. The van der Waals surface area contributed by atoms with E-state index < -0.39 is 0 Å². The van der Waals surface area contributed by atoms with E-state index in [1.54, 1.807) is 6.07 Å². The van der Waals surface area contributed by atoms with Crippen LogP contribution in [0.5, 0.6) is 0 Å². The van der Waals surface area contributed by atoms with Gasteiger partial charge in [-0.1, -0.05) is 29.3 Å². The monoisotopic (exact) mass is 272 g/mol. The third-order valence-corrected chi connectivity index (χ3v) is 3.73. The Bertz CT molecular complexity index is 378. The van der Waals surface area contributed by atoms with Crippen LogP contribution in [-0.4, -0.2) is 31.1 Å². The van der Waals surface area contributed by atoms with Crippen molar-refractivity contribution in [2.75, 3.05) is 20.1 Å². The minimum absolute atomic E-state index is 0.687. The molecule has 0 saturated heterocycles. The molecule has 94 valence electrons. The van der Waals surface area contributed by atoms with Crippen molar-refractivity contribution in [3.63, 3.8) is 0 Å². The molecule has 0 atom stereocenters. The van der Waals surface area contributed by atoms with Crippen molar-refractivity contribution in [2.45, 2.75) is 25.4 Å². The van der Waals surface area contributed by atoms with E-state index in [0.29, 0.717) is 5.02 Å². The van der Waals surface area contributed by atoms with Gasteiger partial charge < -0.3 is 10.2 Å². The summed E-state index contributed by atoms with van der Waals surface area (Å²) in [6, 6.07) is 6.47. The lowest BCUT2D eigenvalue weighted by atomic mass is 10.2. The van der Waals surface area contributed by atoms with E-state index >= 15 is 0 Å². The maximum Gasteiger partial charge on any atom is 0.0465 e. The molecule has 0 amide bonds. The average molecular weight is 273 g/mol. The molecule has 1 aliphatic carbocycles. The van der Waals surface area contributed by atoms with Crippen molar-refractivity contribution in [1.82, 2.24) is 10.2 Å². The van der Waals surface area contributed by atoms with Crippen LogP contribution < -0.4 is 5.32 Å². The Balaban J connectivity index is 1.70. The molecule has 0 bridgehead atoms. The van der Waals surface area contributed by atoms with Gasteiger partial charge in [-0.2, -0.15) is 0 Å². The first kappa shape index (κ1) is 13.2. The van der Waals surface area contributed by atoms with Crippen LogP contribution in [0.3, 0.4) is 0 Å². The van der Waals surface area contributed by atoms with Crippen LogP contribution in [0.1, 0.15) is 18.4 Å². The fourth-order valence-electron chi connectivity index (χ4n) is 1.84. The van der Waals surface area contributed by atoms with E-state index in [2.05, 4.69) is 17.3 Å². The minimum Gasteiger partial charge on any atom is -0.311 e. The number of halogens is 2. The van der Waals surface area contributed by atoms with E-state index in [0.717, 1.165) is 36.3 Å². The van der Waals surface area contributed by atoms with Crippen molar-refractivity contribution in [2.24, 2.45) is 0 Å². The summed E-state index contributed by atoms with van der Waals surface area (Å²) < 4.78 is 0. The zero-order chi connectivity index (χ0) is 12.3. The molecule has 1 fully saturated rings. The number of benzene rings is 1. The van der Waals surface area contributed by atoms with Gasteiger partial charge in [0, 0.05) is 35.7 Å². The van der Waals surface area contributed by atoms with Crippen LogP contribution in [0, 0.1) is 0 Å². The summed E-state index contributed by atoms with van der Waals surface area (Å²) in [6.07, 6.45) is 2.72. The van der Waals surface area contributed by atoms with Crippen LogP contribution in [0.25, 0.3) is 0 Å². The van der Waals surface area contributed by atoms with E-state index in [1.807, 2.05) is 12.1 Å². The van der Waals surface area contributed by atoms with Crippen LogP contribution in [-0.2, 0) is 6.54 Å². The third kappa shape index (κ3) is 4.14. The third-order valence-electron chi connectivity index (χ3n) is 3.14. The standard InChI is InChI=1S/C13H18Cl2N2/c1-17(12-4-5-12)7-6-16-9-10-2-3-11(14)8-13(10)15/h2-3,8,12,16H,4-7,9H2,1H3. The molecule has 2 rings (SSSR count). The number of nitrogens with one attached hydrogen (secondary N) is 1. The topological polar surface area (TPSA) is 15.3 Å². The van der Waals surface area contributed by atoms with Gasteiger partial charge >= 0.3 is 0 Å². The van der Waals surface area contributed by atoms with Gasteiger partial charge in [0.2, 0.25) is 0 Å². The van der Waals surface area contributed by atoms with Gasteiger partial charge in [-0.05, 0) is 37.6 Å². The van der Waals surface area contributed by atoms with Crippen LogP contribution in [0.2, 0.25) is 10.0 Å². The van der Waals surface area contributed by atoms with Crippen molar-refractivity contribution in [3.8, 4) is 0 Å². The number of rotatable bonds is 6. The first-order valence-corrected chi connectivity index (χ1v) is 6.77. The maximum atomic E-state index is 6.10. The number of hydrogen-bond acceptors (Lipinski definition) is 2. The second-order valence-corrected chi connectivity index (χ2v) is 5.47. The van der Waals surface area contributed by atoms with Gasteiger partial charge in [0.05, 0.1) is 0 Å². The summed E-state index contributed by atoms with van der Waals surface area (Å²) in [4.78, 5) is 2.41. The van der Waals surface area contributed by atoms with Crippen molar-refractivity contribution in [1.29, 1.82) is 0 Å². The molecule has 1 aromatic carbocycles. The Hall–Kier alpha value is -0.280. The smallest absolute Gasteiger partial charge is 0.0465 e. The largest absolute Gasteiger partial charge is 0.311 e. The molecule has 4 heteroatoms. The van der Waals surface area contributed by atoms with Gasteiger partial charge in [-0.25, -0.2) is 0 Å².